The van der Waals surface area contributed by atoms with E-state index >= 15 is 0 Å². The molecule has 0 aromatic heterocycles. The second-order valence-electron chi connectivity index (χ2n) is 6.74. The number of hydrogen-bond donors (Lipinski definition) is 1. The topological polar surface area (TPSA) is 58.6 Å². The Bertz CT molecular complexity index is 962. The van der Waals surface area contributed by atoms with Crippen LogP contribution in [0.5, 0.6) is 5.75 Å². The third-order valence-corrected chi connectivity index (χ3v) is 4.97. The first-order valence-corrected chi connectivity index (χ1v) is 9.10. The van der Waals surface area contributed by atoms with Crippen molar-refractivity contribution >= 4 is 34.8 Å². The lowest BCUT2D eigenvalue weighted by Gasteiger charge is -2.20. The van der Waals surface area contributed by atoms with E-state index in [9.17, 15) is 22.8 Å². The summed E-state index contributed by atoms with van der Waals surface area (Å²) in [7, 11) is 1.45. The molecule has 1 aliphatic rings. The van der Waals surface area contributed by atoms with Crippen LogP contribution in [0.2, 0.25) is 5.02 Å². The molecule has 1 atom stereocenters. The molecule has 0 aliphatic carbocycles. The van der Waals surface area contributed by atoms with Crippen molar-refractivity contribution in [3.63, 3.8) is 0 Å². The molecule has 0 radical (unpaired) electrons. The summed E-state index contributed by atoms with van der Waals surface area (Å²) in [6.07, 6.45) is -4.59. The van der Waals surface area contributed by atoms with Gasteiger partial charge in [-0.3, -0.25) is 9.59 Å². The molecule has 2 aromatic rings. The highest BCUT2D eigenvalue weighted by molar-refractivity contribution is 6.31. The maximum absolute atomic E-state index is 13.1. The van der Waals surface area contributed by atoms with Gasteiger partial charge in [0.25, 0.3) is 0 Å². The summed E-state index contributed by atoms with van der Waals surface area (Å²) >= 11 is 6.01. The predicted molar refractivity (Wildman–Crippen MR) is 103 cm³/mol. The van der Waals surface area contributed by atoms with Crippen LogP contribution in [0.15, 0.2) is 36.4 Å². The smallest absolute Gasteiger partial charge is 0.416 e. The number of halogens is 4. The molecule has 9 heteroatoms. The molecule has 1 aliphatic heterocycles. The van der Waals surface area contributed by atoms with Gasteiger partial charge in [-0.05, 0) is 42.8 Å². The number of methoxy groups -OCH3 is 1. The highest BCUT2D eigenvalue weighted by atomic mass is 35.5. The Kier molecular flexibility index (Phi) is 5.75. The molecule has 0 spiro atoms. The number of hydrogen-bond acceptors (Lipinski definition) is 3. The van der Waals surface area contributed by atoms with Crippen molar-refractivity contribution < 1.29 is 27.5 Å². The van der Waals surface area contributed by atoms with Gasteiger partial charge < -0.3 is 15.0 Å². The number of nitrogens with zero attached hydrogens (tertiary/aromatic N) is 1. The highest BCUT2D eigenvalue weighted by Crippen LogP contribution is 2.36. The second-order valence-corrected chi connectivity index (χ2v) is 7.17. The average molecular weight is 427 g/mol. The molecular formula is C20H18ClF3N2O3. The largest absolute Gasteiger partial charge is 0.495 e. The zero-order valence-electron chi connectivity index (χ0n) is 15.6. The fraction of sp³-hybridized carbons (Fsp3) is 0.300. The van der Waals surface area contributed by atoms with Gasteiger partial charge in [0.2, 0.25) is 11.8 Å². The summed E-state index contributed by atoms with van der Waals surface area (Å²) in [5, 5.41) is 2.88. The van der Waals surface area contributed by atoms with Gasteiger partial charge in [0.15, 0.2) is 0 Å². The molecule has 1 fully saturated rings. The first-order chi connectivity index (χ1) is 13.6. The number of aryl methyl sites for hydroxylation is 1. The van der Waals surface area contributed by atoms with Crippen molar-refractivity contribution in [2.75, 3.05) is 23.9 Å². The van der Waals surface area contributed by atoms with E-state index in [1.165, 1.54) is 31.1 Å². The minimum atomic E-state index is -4.52. The summed E-state index contributed by atoms with van der Waals surface area (Å²) in [6.45, 7) is 1.42. The summed E-state index contributed by atoms with van der Waals surface area (Å²) in [4.78, 5) is 26.4. The van der Waals surface area contributed by atoms with E-state index in [4.69, 9.17) is 16.3 Å². The molecule has 0 bridgehead atoms. The Morgan fingerprint density at radius 2 is 1.97 bits per heavy atom. The lowest BCUT2D eigenvalue weighted by molar-refractivity contribution is -0.138. The van der Waals surface area contributed by atoms with Crippen LogP contribution >= 0.6 is 11.6 Å². The average Bonchev–Trinajstić information content (AvgIpc) is 3.04. The van der Waals surface area contributed by atoms with Gasteiger partial charge in [-0.1, -0.05) is 17.7 Å². The Balaban J connectivity index is 1.77. The van der Waals surface area contributed by atoms with E-state index in [-0.39, 0.29) is 30.1 Å². The van der Waals surface area contributed by atoms with E-state index in [0.29, 0.717) is 16.5 Å². The van der Waals surface area contributed by atoms with Crippen LogP contribution in [0.3, 0.4) is 0 Å². The van der Waals surface area contributed by atoms with Crippen LogP contribution in [0, 0.1) is 12.8 Å². The lowest BCUT2D eigenvalue weighted by atomic mass is 10.1. The van der Waals surface area contributed by atoms with Crippen molar-refractivity contribution in [2.45, 2.75) is 19.5 Å². The monoisotopic (exact) mass is 426 g/mol. The number of rotatable bonds is 4. The molecule has 1 unspecified atom stereocenters. The van der Waals surface area contributed by atoms with Gasteiger partial charge in [0, 0.05) is 23.7 Å². The van der Waals surface area contributed by atoms with Crippen LogP contribution in [-0.4, -0.2) is 25.5 Å². The third-order valence-electron chi connectivity index (χ3n) is 4.74. The van der Waals surface area contributed by atoms with Crippen molar-refractivity contribution in [3.8, 4) is 5.75 Å². The summed E-state index contributed by atoms with van der Waals surface area (Å²) in [5.74, 6) is -1.12. The normalized spacial score (nSPS) is 16.8. The maximum atomic E-state index is 13.1. The second kappa shape index (κ2) is 7.94. The molecule has 154 valence electrons. The molecule has 1 saturated heterocycles. The van der Waals surface area contributed by atoms with Gasteiger partial charge in [-0.25, -0.2) is 0 Å². The fourth-order valence-electron chi connectivity index (χ4n) is 3.24. The molecule has 0 saturated carbocycles. The molecule has 2 aromatic carbocycles. The molecule has 5 nitrogen and oxygen atoms in total. The summed E-state index contributed by atoms with van der Waals surface area (Å²) < 4.78 is 44.5. The molecule has 3 rings (SSSR count). The molecular weight excluding hydrogens is 409 g/mol. The van der Waals surface area contributed by atoms with Gasteiger partial charge in [0.05, 0.1) is 24.3 Å². The maximum Gasteiger partial charge on any atom is 0.416 e. The Hall–Kier alpha value is -2.74. The molecule has 29 heavy (non-hydrogen) atoms. The third kappa shape index (κ3) is 4.48. The van der Waals surface area contributed by atoms with Crippen molar-refractivity contribution in [1.29, 1.82) is 0 Å². The van der Waals surface area contributed by atoms with Gasteiger partial charge in [0.1, 0.15) is 5.75 Å². The number of amides is 2. The quantitative estimate of drug-likeness (QED) is 0.773. The molecule has 1 heterocycles. The highest BCUT2D eigenvalue weighted by Gasteiger charge is 2.37. The Morgan fingerprint density at radius 1 is 1.24 bits per heavy atom. The number of alkyl halides is 3. The Labute approximate surface area is 170 Å². The van der Waals surface area contributed by atoms with Crippen LogP contribution < -0.4 is 15.0 Å². The van der Waals surface area contributed by atoms with E-state index in [1.54, 1.807) is 18.2 Å². The summed E-state index contributed by atoms with van der Waals surface area (Å²) in [6, 6.07) is 8.38. The number of carbonyl (C=O) groups excluding carboxylic acids is 2. The molecule has 2 amide bonds. The first kappa shape index (κ1) is 21.0. The minimum absolute atomic E-state index is 0.0270. The van der Waals surface area contributed by atoms with Crippen molar-refractivity contribution in [3.05, 3.63) is 52.5 Å². The van der Waals surface area contributed by atoms with Crippen molar-refractivity contribution in [2.24, 2.45) is 5.92 Å². The van der Waals surface area contributed by atoms with E-state index in [2.05, 4.69) is 5.32 Å². The number of ether oxygens (including phenoxy) is 1. The fourth-order valence-corrected chi connectivity index (χ4v) is 3.41. The van der Waals surface area contributed by atoms with E-state index in [1.807, 2.05) is 0 Å². The number of benzene rings is 2. The number of anilines is 2. The van der Waals surface area contributed by atoms with Crippen molar-refractivity contribution in [1.82, 2.24) is 0 Å². The van der Waals surface area contributed by atoms with Gasteiger partial charge in [-0.2, -0.15) is 13.2 Å². The lowest BCUT2D eigenvalue weighted by Crippen LogP contribution is -2.28. The number of carbonyl (C=O) groups is 2. The Morgan fingerprint density at radius 3 is 2.62 bits per heavy atom. The minimum Gasteiger partial charge on any atom is -0.495 e. The molecule has 1 N–H and O–H groups in total. The first-order valence-electron chi connectivity index (χ1n) is 8.72. The van der Waals surface area contributed by atoms with Crippen LogP contribution in [0.4, 0.5) is 24.5 Å². The standard InChI is InChI=1S/C20H18ClF3N2O3/c1-11-3-5-14(9-15(11)20(22,23)24)25-19(28)12-7-18(27)26(10-12)16-8-13(21)4-6-17(16)29-2/h3-6,8-9,12H,7,10H2,1-2H3,(H,25,28). The van der Waals surface area contributed by atoms with Crippen LogP contribution in [0.25, 0.3) is 0 Å². The van der Waals surface area contributed by atoms with Gasteiger partial charge in [-0.15, -0.1) is 0 Å². The zero-order chi connectivity index (χ0) is 21.3. The SMILES string of the molecule is COc1ccc(Cl)cc1N1CC(C(=O)Nc2ccc(C)c(C(F)(F)F)c2)CC1=O. The summed E-state index contributed by atoms with van der Waals surface area (Å²) in [5.41, 5.74) is -0.289. The van der Waals surface area contributed by atoms with E-state index in [0.717, 1.165) is 6.07 Å². The number of nitrogens with one attached hydrogen (secondary N) is 1. The van der Waals surface area contributed by atoms with E-state index < -0.39 is 23.6 Å². The van der Waals surface area contributed by atoms with Crippen LogP contribution in [-0.2, 0) is 15.8 Å². The zero-order valence-corrected chi connectivity index (χ0v) is 16.4. The van der Waals surface area contributed by atoms with Gasteiger partial charge >= 0.3 is 6.18 Å². The predicted octanol–water partition coefficient (Wildman–Crippen LogP) is 4.67. The van der Waals surface area contributed by atoms with Crippen LogP contribution in [0.1, 0.15) is 17.5 Å².